The fourth-order valence-electron chi connectivity index (χ4n) is 3.20. The van der Waals surface area contributed by atoms with E-state index < -0.39 is 0 Å². The standard InChI is InChI=1S/C22H24N2O3S/c1-15-12-16(2)21-18(13-15)24(14-20(26)27-3)22(28-21)23-19(25)11-7-10-17-8-5-4-6-9-17/h4-6,8-9,12-13H,7,10-11,14H2,1-3H3. The predicted molar refractivity (Wildman–Crippen MR) is 111 cm³/mol. The highest BCUT2D eigenvalue weighted by Crippen LogP contribution is 2.23. The van der Waals surface area contributed by atoms with Crippen LogP contribution in [-0.4, -0.2) is 23.6 Å². The summed E-state index contributed by atoms with van der Waals surface area (Å²) in [4.78, 5) is 29.2. The quantitative estimate of drug-likeness (QED) is 0.593. The summed E-state index contributed by atoms with van der Waals surface area (Å²) in [5.74, 6) is -0.535. The van der Waals surface area contributed by atoms with Crippen LogP contribution in [0.2, 0.25) is 0 Å². The van der Waals surface area contributed by atoms with E-state index in [0.29, 0.717) is 11.2 Å². The molecule has 0 saturated heterocycles. The first-order valence-electron chi connectivity index (χ1n) is 9.27. The Bertz CT molecular complexity index is 1060. The van der Waals surface area contributed by atoms with Crippen LogP contribution in [0.25, 0.3) is 10.2 Å². The van der Waals surface area contributed by atoms with E-state index in [1.54, 1.807) is 4.57 Å². The van der Waals surface area contributed by atoms with Gasteiger partial charge in [0.15, 0.2) is 4.80 Å². The Morgan fingerprint density at radius 1 is 1.14 bits per heavy atom. The fraction of sp³-hybridized carbons (Fsp3) is 0.318. The number of fused-ring (bicyclic) bond motifs is 1. The van der Waals surface area contributed by atoms with Crippen molar-refractivity contribution in [1.82, 2.24) is 4.57 Å². The number of nitrogens with zero attached hydrogens (tertiary/aromatic N) is 2. The van der Waals surface area contributed by atoms with Crippen molar-refractivity contribution in [2.24, 2.45) is 4.99 Å². The summed E-state index contributed by atoms with van der Waals surface area (Å²) >= 11 is 1.44. The fourth-order valence-corrected chi connectivity index (χ4v) is 4.29. The Morgan fingerprint density at radius 2 is 1.89 bits per heavy atom. The molecule has 6 heteroatoms. The minimum atomic E-state index is -0.364. The number of ether oxygens (including phenoxy) is 1. The average Bonchev–Trinajstić information content (AvgIpc) is 3.00. The maximum atomic E-state index is 12.4. The second-order valence-electron chi connectivity index (χ2n) is 6.82. The number of aromatic nitrogens is 1. The lowest BCUT2D eigenvalue weighted by Crippen LogP contribution is -2.22. The molecule has 1 heterocycles. The lowest BCUT2D eigenvalue weighted by molar-refractivity contribution is -0.141. The molecule has 1 amide bonds. The Hall–Kier alpha value is -2.73. The van der Waals surface area contributed by atoms with Crippen molar-refractivity contribution in [3.05, 3.63) is 64.0 Å². The van der Waals surface area contributed by atoms with E-state index in [-0.39, 0.29) is 18.4 Å². The zero-order valence-electron chi connectivity index (χ0n) is 16.4. The van der Waals surface area contributed by atoms with Crippen molar-refractivity contribution in [3.63, 3.8) is 0 Å². The molecule has 2 aromatic carbocycles. The summed E-state index contributed by atoms with van der Waals surface area (Å²) in [6.07, 6.45) is 1.96. The van der Waals surface area contributed by atoms with Gasteiger partial charge in [0.25, 0.3) is 0 Å². The van der Waals surface area contributed by atoms with E-state index >= 15 is 0 Å². The van der Waals surface area contributed by atoms with Crippen molar-refractivity contribution in [1.29, 1.82) is 0 Å². The highest BCUT2D eigenvalue weighted by Gasteiger charge is 2.13. The summed E-state index contributed by atoms with van der Waals surface area (Å²) in [5, 5.41) is 0. The minimum absolute atomic E-state index is 0.0372. The molecule has 0 aliphatic carbocycles. The molecular weight excluding hydrogens is 372 g/mol. The van der Waals surface area contributed by atoms with E-state index in [0.717, 1.165) is 34.2 Å². The van der Waals surface area contributed by atoms with E-state index in [1.165, 1.54) is 24.0 Å². The first-order chi connectivity index (χ1) is 13.5. The van der Waals surface area contributed by atoms with Gasteiger partial charge in [0.2, 0.25) is 5.91 Å². The summed E-state index contributed by atoms with van der Waals surface area (Å²) in [6.45, 7) is 4.08. The number of esters is 1. The van der Waals surface area contributed by atoms with Crippen molar-refractivity contribution >= 4 is 33.4 Å². The molecule has 0 fully saturated rings. The SMILES string of the molecule is COC(=O)Cn1c(=NC(=O)CCCc2ccccc2)sc2c(C)cc(C)cc21. The minimum Gasteiger partial charge on any atom is -0.468 e. The van der Waals surface area contributed by atoms with Crippen LogP contribution in [-0.2, 0) is 27.3 Å². The molecule has 3 aromatic rings. The first kappa shape index (κ1) is 20.0. The number of methoxy groups -OCH3 is 1. The lowest BCUT2D eigenvalue weighted by Gasteiger charge is -2.05. The molecule has 0 aliphatic heterocycles. The molecule has 28 heavy (non-hydrogen) atoms. The Labute approximate surface area is 168 Å². The monoisotopic (exact) mass is 396 g/mol. The van der Waals surface area contributed by atoms with Crippen LogP contribution < -0.4 is 4.80 Å². The summed E-state index contributed by atoms with van der Waals surface area (Å²) in [5.41, 5.74) is 4.33. The van der Waals surface area contributed by atoms with Gasteiger partial charge in [0.1, 0.15) is 6.54 Å². The number of carbonyl (C=O) groups is 2. The summed E-state index contributed by atoms with van der Waals surface area (Å²) in [7, 11) is 1.36. The number of benzene rings is 2. The van der Waals surface area contributed by atoms with Gasteiger partial charge >= 0.3 is 5.97 Å². The zero-order valence-corrected chi connectivity index (χ0v) is 17.2. The van der Waals surface area contributed by atoms with Crippen LogP contribution in [0.15, 0.2) is 47.5 Å². The van der Waals surface area contributed by atoms with Crippen molar-refractivity contribution in [2.45, 2.75) is 39.7 Å². The van der Waals surface area contributed by atoms with Crippen LogP contribution in [0.4, 0.5) is 0 Å². The van der Waals surface area contributed by atoms with E-state index in [9.17, 15) is 9.59 Å². The van der Waals surface area contributed by atoms with Crippen molar-refractivity contribution in [3.8, 4) is 0 Å². The van der Waals surface area contributed by atoms with Crippen LogP contribution >= 0.6 is 11.3 Å². The largest absolute Gasteiger partial charge is 0.468 e. The molecule has 0 bridgehead atoms. The van der Waals surface area contributed by atoms with Crippen LogP contribution in [0.1, 0.15) is 29.5 Å². The third kappa shape index (κ3) is 4.75. The zero-order chi connectivity index (χ0) is 20.1. The molecule has 0 radical (unpaired) electrons. The second-order valence-corrected chi connectivity index (χ2v) is 7.80. The molecule has 0 aliphatic rings. The normalized spacial score (nSPS) is 11.8. The summed E-state index contributed by atoms with van der Waals surface area (Å²) < 4.78 is 7.64. The molecule has 5 nitrogen and oxygen atoms in total. The van der Waals surface area contributed by atoms with E-state index in [4.69, 9.17) is 4.74 Å². The molecule has 0 unspecified atom stereocenters. The maximum Gasteiger partial charge on any atom is 0.325 e. The third-order valence-corrected chi connectivity index (χ3v) is 5.78. The van der Waals surface area contributed by atoms with Crippen LogP contribution in [0, 0.1) is 13.8 Å². The van der Waals surface area contributed by atoms with Gasteiger partial charge in [-0.05, 0) is 49.4 Å². The molecule has 0 N–H and O–H groups in total. The Morgan fingerprint density at radius 3 is 2.61 bits per heavy atom. The molecule has 3 rings (SSSR count). The molecule has 0 spiro atoms. The number of hydrogen-bond acceptors (Lipinski definition) is 4. The number of carbonyl (C=O) groups excluding carboxylic acids is 2. The topological polar surface area (TPSA) is 60.7 Å². The number of aryl methyl sites for hydroxylation is 3. The van der Waals surface area contributed by atoms with Crippen LogP contribution in [0.3, 0.4) is 0 Å². The maximum absolute atomic E-state index is 12.4. The van der Waals surface area contributed by atoms with Gasteiger partial charge in [0, 0.05) is 6.42 Å². The number of rotatable bonds is 6. The second kappa shape index (κ2) is 8.97. The molecular formula is C22H24N2O3S. The Kier molecular flexibility index (Phi) is 6.41. The van der Waals surface area contributed by atoms with Gasteiger partial charge in [-0.2, -0.15) is 4.99 Å². The van der Waals surface area contributed by atoms with Gasteiger partial charge in [-0.3, -0.25) is 9.59 Å². The highest BCUT2D eigenvalue weighted by atomic mass is 32.1. The van der Waals surface area contributed by atoms with Gasteiger partial charge in [-0.25, -0.2) is 0 Å². The van der Waals surface area contributed by atoms with Gasteiger partial charge in [-0.1, -0.05) is 47.7 Å². The smallest absolute Gasteiger partial charge is 0.325 e. The van der Waals surface area contributed by atoms with Crippen molar-refractivity contribution < 1.29 is 14.3 Å². The average molecular weight is 397 g/mol. The lowest BCUT2D eigenvalue weighted by atomic mass is 10.1. The van der Waals surface area contributed by atoms with Crippen LogP contribution in [0.5, 0.6) is 0 Å². The summed E-state index contributed by atoms with van der Waals surface area (Å²) in [6, 6.07) is 14.2. The molecule has 1 aromatic heterocycles. The van der Waals surface area contributed by atoms with E-state index in [2.05, 4.69) is 23.2 Å². The van der Waals surface area contributed by atoms with E-state index in [1.807, 2.05) is 38.1 Å². The highest BCUT2D eigenvalue weighted by molar-refractivity contribution is 7.16. The number of hydrogen-bond donors (Lipinski definition) is 0. The first-order valence-corrected chi connectivity index (χ1v) is 10.1. The van der Waals surface area contributed by atoms with Gasteiger partial charge < -0.3 is 9.30 Å². The number of amides is 1. The molecule has 0 saturated carbocycles. The predicted octanol–water partition coefficient (Wildman–Crippen LogP) is 3.94. The van der Waals surface area contributed by atoms with Gasteiger partial charge in [-0.15, -0.1) is 0 Å². The van der Waals surface area contributed by atoms with Crippen molar-refractivity contribution in [2.75, 3.05) is 7.11 Å². The van der Waals surface area contributed by atoms with Gasteiger partial charge in [0.05, 0.1) is 17.3 Å². The molecule has 146 valence electrons. The third-order valence-electron chi connectivity index (χ3n) is 4.55. The number of thiazole rings is 1. The Balaban J connectivity index is 1.87. The molecule has 0 atom stereocenters.